The smallest absolute Gasteiger partial charge is 0.367 e. The number of aromatic amines is 1. The van der Waals surface area contributed by atoms with Gasteiger partial charge in [-0.3, -0.25) is 10.00 Å². The van der Waals surface area contributed by atoms with E-state index in [-0.39, 0.29) is 18.3 Å². The molecule has 4 aromatic rings. The maximum absolute atomic E-state index is 12.7. The number of benzene rings is 1. The predicted octanol–water partition coefficient (Wildman–Crippen LogP) is 5.60. The molecular formula is C29H31F3N8. The molecule has 1 fully saturated rings. The lowest BCUT2D eigenvalue weighted by Crippen LogP contribution is -2.39. The van der Waals surface area contributed by atoms with Gasteiger partial charge in [-0.25, -0.2) is 9.97 Å². The third-order valence-corrected chi connectivity index (χ3v) is 7.44. The Hall–Kier alpha value is -4.17. The van der Waals surface area contributed by atoms with Gasteiger partial charge in [-0.05, 0) is 49.1 Å². The van der Waals surface area contributed by atoms with Crippen molar-refractivity contribution in [1.82, 2.24) is 29.6 Å². The first-order chi connectivity index (χ1) is 19.2. The van der Waals surface area contributed by atoms with Gasteiger partial charge in [-0.2, -0.15) is 23.5 Å². The number of likely N-dealkylation sites (tertiary alicyclic amines) is 1. The Morgan fingerprint density at radius 3 is 2.67 bits per heavy atom. The first-order valence-electron chi connectivity index (χ1n) is 13.3. The number of piperidine rings is 1. The van der Waals surface area contributed by atoms with Gasteiger partial charge in [0, 0.05) is 60.8 Å². The van der Waals surface area contributed by atoms with Crippen LogP contribution in [0.2, 0.25) is 0 Å². The number of alkyl halides is 3. The first-order valence-corrected chi connectivity index (χ1v) is 13.3. The van der Waals surface area contributed by atoms with Crippen molar-refractivity contribution in [3.8, 4) is 6.07 Å². The monoisotopic (exact) mass is 548 g/mol. The van der Waals surface area contributed by atoms with Crippen molar-refractivity contribution in [3.63, 3.8) is 0 Å². The summed E-state index contributed by atoms with van der Waals surface area (Å²) < 4.78 is 40.1. The van der Waals surface area contributed by atoms with Crippen molar-refractivity contribution < 1.29 is 13.2 Å². The first kappa shape index (κ1) is 27.4. The summed E-state index contributed by atoms with van der Waals surface area (Å²) in [6.45, 7) is 8.94. The van der Waals surface area contributed by atoms with Crippen LogP contribution < -0.4 is 5.32 Å². The van der Waals surface area contributed by atoms with Gasteiger partial charge in [-0.15, -0.1) is 0 Å². The zero-order valence-electron chi connectivity index (χ0n) is 22.3. The van der Waals surface area contributed by atoms with E-state index in [1.54, 1.807) is 12.3 Å². The van der Waals surface area contributed by atoms with Crippen molar-refractivity contribution in [1.29, 1.82) is 5.26 Å². The maximum Gasteiger partial charge on any atom is 0.389 e. The van der Waals surface area contributed by atoms with Crippen LogP contribution in [0.15, 0.2) is 43.2 Å². The fourth-order valence-corrected chi connectivity index (χ4v) is 5.25. The third kappa shape index (κ3) is 6.34. The van der Waals surface area contributed by atoms with Crippen molar-refractivity contribution in [2.75, 3.05) is 18.4 Å². The molecule has 0 saturated carbocycles. The lowest BCUT2D eigenvalue weighted by molar-refractivity contribution is -0.134. The number of fused-ring (bicyclic) bond motifs is 1. The molecule has 1 saturated heterocycles. The van der Waals surface area contributed by atoms with Gasteiger partial charge in [0.25, 0.3) is 0 Å². The predicted molar refractivity (Wildman–Crippen MR) is 148 cm³/mol. The van der Waals surface area contributed by atoms with Crippen LogP contribution in [0.3, 0.4) is 0 Å². The van der Waals surface area contributed by atoms with Crippen LogP contribution in [0.4, 0.5) is 19.0 Å². The second-order valence-corrected chi connectivity index (χ2v) is 10.2. The summed E-state index contributed by atoms with van der Waals surface area (Å²) in [6, 6.07) is 10.4. The van der Waals surface area contributed by atoms with Gasteiger partial charge in [0.1, 0.15) is 23.4 Å². The van der Waals surface area contributed by atoms with Crippen LogP contribution in [-0.2, 0) is 19.5 Å². The standard InChI is InChI=1S/C29H31F3N8/c1-3-22-12-28(38-27(36-22)6-9-29(30,31)32)37-23-7-10-39(11-8-23)18-21-4-5-26-25(19(21)2)13-24(14-33)40(26)17-20-15-34-35-16-20/h3-5,12-13,15-16,23H,1,6-11,17-18H2,2H3,(H,34,35)(H,36,37,38). The average molecular weight is 549 g/mol. The Morgan fingerprint density at radius 1 is 1.20 bits per heavy atom. The number of rotatable bonds is 9. The molecule has 1 aliphatic rings. The summed E-state index contributed by atoms with van der Waals surface area (Å²) in [4.78, 5) is 10.9. The highest BCUT2D eigenvalue weighted by atomic mass is 19.4. The quantitative estimate of drug-likeness (QED) is 0.283. The fraction of sp³-hybridized carbons (Fsp3) is 0.379. The molecule has 0 aliphatic carbocycles. The normalized spacial score (nSPS) is 14.9. The Balaban J connectivity index is 1.22. The van der Waals surface area contributed by atoms with Gasteiger partial charge in [0.05, 0.1) is 24.9 Å². The molecule has 3 aromatic heterocycles. The molecule has 0 amide bonds. The van der Waals surface area contributed by atoms with E-state index in [1.165, 1.54) is 17.2 Å². The number of hydrogen-bond acceptors (Lipinski definition) is 6. The molecule has 208 valence electrons. The number of aromatic nitrogens is 5. The lowest BCUT2D eigenvalue weighted by atomic mass is 10.0. The number of nitrogens with one attached hydrogen (secondary N) is 2. The number of aryl methyl sites for hydroxylation is 2. The number of nitriles is 1. The summed E-state index contributed by atoms with van der Waals surface area (Å²) in [5.41, 5.74) is 5.56. The Bertz CT molecular complexity index is 1520. The molecule has 0 radical (unpaired) electrons. The third-order valence-electron chi connectivity index (χ3n) is 7.44. The van der Waals surface area contributed by atoms with E-state index in [4.69, 9.17) is 0 Å². The molecule has 11 heteroatoms. The van der Waals surface area contributed by atoms with E-state index >= 15 is 0 Å². The van der Waals surface area contributed by atoms with Gasteiger partial charge in [0.2, 0.25) is 0 Å². The highest BCUT2D eigenvalue weighted by molar-refractivity contribution is 5.86. The SMILES string of the molecule is C=Cc1cc(NC2CCN(Cc3ccc4c(cc(C#N)n4Cc4cn[nH]c4)c3C)CC2)nc(CCC(F)(F)F)n1. The lowest BCUT2D eigenvalue weighted by Gasteiger charge is -2.33. The summed E-state index contributed by atoms with van der Waals surface area (Å²) >= 11 is 0. The summed E-state index contributed by atoms with van der Waals surface area (Å²) in [5.74, 6) is 0.703. The molecule has 1 aliphatic heterocycles. The van der Waals surface area contributed by atoms with Crippen molar-refractivity contribution in [2.45, 2.75) is 57.9 Å². The van der Waals surface area contributed by atoms with E-state index in [9.17, 15) is 18.4 Å². The molecule has 1 aromatic carbocycles. The number of anilines is 1. The van der Waals surface area contributed by atoms with Crippen LogP contribution >= 0.6 is 0 Å². The molecule has 4 heterocycles. The van der Waals surface area contributed by atoms with E-state index < -0.39 is 12.6 Å². The molecule has 0 unspecified atom stereocenters. The molecular weight excluding hydrogens is 517 g/mol. The van der Waals surface area contributed by atoms with Crippen LogP contribution in [-0.4, -0.2) is 54.9 Å². The van der Waals surface area contributed by atoms with Gasteiger partial charge in [0.15, 0.2) is 0 Å². The van der Waals surface area contributed by atoms with Gasteiger partial charge >= 0.3 is 6.18 Å². The minimum atomic E-state index is -4.25. The molecule has 0 spiro atoms. The van der Waals surface area contributed by atoms with Crippen LogP contribution in [0, 0.1) is 18.3 Å². The second kappa shape index (κ2) is 11.5. The highest BCUT2D eigenvalue weighted by Crippen LogP contribution is 2.28. The van der Waals surface area contributed by atoms with E-state index in [0.717, 1.165) is 48.9 Å². The molecule has 0 bridgehead atoms. The minimum absolute atomic E-state index is 0.165. The average Bonchev–Trinajstić information content (AvgIpc) is 3.58. The molecule has 2 N–H and O–H groups in total. The fourth-order valence-electron chi connectivity index (χ4n) is 5.25. The maximum atomic E-state index is 12.7. The summed E-state index contributed by atoms with van der Waals surface area (Å²) in [7, 11) is 0. The number of halogens is 3. The molecule has 5 rings (SSSR count). The zero-order valence-corrected chi connectivity index (χ0v) is 22.3. The topological polar surface area (TPSA) is 98.5 Å². The Labute approximate surface area is 230 Å². The number of hydrogen-bond donors (Lipinski definition) is 2. The summed E-state index contributed by atoms with van der Waals surface area (Å²) in [5, 5.41) is 21.1. The van der Waals surface area contributed by atoms with Crippen molar-refractivity contribution in [2.24, 2.45) is 0 Å². The molecule has 0 atom stereocenters. The van der Waals surface area contributed by atoms with Crippen molar-refractivity contribution in [3.05, 3.63) is 77.1 Å². The Kier molecular flexibility index (Phi) is 7.89. The van der Waals surface area contributed by atoms with Crippen LogP contribution in [0.5, 0.6) is 0 Å². The minimum Gasteiger partial charge on any atom is -0.367 e. The van der Waals surface area contributed by atoms with E-state index in [1.807, 2.05) is 16.8 Å². The number of nitrogens with zero attached hydrogens (tertiary/aromatic N) is 6. The molecule has 8 nitrogen and oxygen atoms in total. The van der Waals surface area contributed by atoms with Crippen molar-refractivity contribution >= 4 is 22.8 Å². The van der Waals surface area contributed by atoms with E-state index in [0.29, 0.717) is 23.8 Å². The Morgan fingerprint density at radius 2 is 2.00 bits per heavy atom. The molecule has 40 heavy (non-hydrogen) atoms. The zero-order chi connectivity index (χ0) is 28.3. The van der Waals surface area contributed by atoms with Gasteiger partial charge < -0.3 is 9.88 Å². The van der Waals surface area contributed by atoms with Gasteiger partial charge in [-0.1, -0.05) is 12.6 Å². The van der Waals surface area contributed by atoms with Crippen LogP contribution in [0.1, 0.15) is 53.2 Å². The highest BCUT2D eigenvalue weighted by Gasteiger charge is 2.27. The largest absolute Gasteiger partial charge is 0.389 e. The number of H-pyrrole nitrogens is 1. The van der Waals surface area contributed by atoms with Crippen LogP contribution in [0.25, 0.3) is 17.0 Å². The second-order valence-electron chi connectivity index (χ2n) is 10.2. The van der Waals surface area contributed by atoms with E-state index in [2.05, 4.69) is 62.1 Å². The summed E-state index contributed by atoms with van der Waals surface area (Å²) in [6.07, 6.45) is 1.42.